The summed E-state index contributed by atoms with van der Waals surface area (Å²) in [6.07, 6.45) is 5.43. The second-order valence-electron chi connectivity index (χ2n) is 5.57. The molecule has 0 saturated heterocycles. The van der Waals surface area contributed by atoms with Gasteiger partial charge in [0.15, 0.2) is 0 Å². The van der Waals surface area contributed by atoms with Gasteiger partial charge in [-0.25, -0.2) is 4.98 Å². The molecule has 1 aromatic carbocycles. The van der Waals surface area contributed by atoms with Crippen LogP contribution in [0.15, 0.2) is 36.5 Å². The zero-order valence-corrected chi connectivity index (χ0v) is 10.3. The molecule has 0 radical (unpaired) electrons. The highest BCUT2D eigenvalue weighted by molar-refractivity contribution is 7.15. The second-order valence-corrected chi connectivity index (χ2v) is 6.60. The Balaban J connectivity index is 1.67. The molecule has 3 fully saturated rings. The van der Waals surface area contributed by atoms with Crippen LogP contribution in [-0.4, -0.2) is 10.5 Å². The molecular formula is C14H14N2S. The molecule has 2 nitrogen and oxygen atoms in total. The zero-order chi connectivity index (χ0) is 11.5. The highest BCUT2D eigenvalue weighted by Crippen LogP contribution is 2.67. The fourth-order valence-electron chi connectivity index (χ4n) is 3.35. The molecule has 86 valence electrons. The molecule has 3 aliphatic carbocycles. The van der Waals surface area contributed by atoms with E-state index >= 15 is 0 Å². The summed E-state index contributed by atoms with van der Waals surface area (Å²) in [5.41, 5.74) is 7.89. The van der Waals surface area contributed by atoms with E-state index in [1.54, 1.807) is 0 Å². The molecule has 1 aromatic heterocycles. The number of aromatic nitrogens is 1. The van der Waals surface area contributed by atoms with E-state index in [-0.39, 0.29) is 5.54 Å². The van der Waals surface area contributed by atoms with E-state index in [0.717, 1.165) is 19.3 Å². The Labute approximate surface area is 105 Å². The van der Waals surface area contributed by atoms with Crippen molar-refractivity contribution >= 4 is 11.3 Å². The fourth-order valence-corrected chi connectivity index (χ4v) is 4.45. The molecule has 3 saturated carbocycles. The van der Waals surface area contributed by atoms with Gasteiger partial charge in [-0.3, -0.25) is 0 Å². The van der Waals surface area contributed by atoms with Crippen LogP contribution >= 0.6 is 11.3 Å². The van der Waals surface area contributed by atoms with Crippen molar-refractivity contribution in [2.75, 3.05) is 0 Å². The van der Waals surface area contributed by atoms with Crippen LogP contribution in [0.1, 0.15) is 24.3 Å². The van der Waals surface area contributed by atoms with Gasteiger partial charge in [0.05, 0.1) is 9.88 Å². The molecule has 2 N–H and O–H groups in total. The SMILES string of the molecule is NC12CC(c3ncc(-c4ccccc4)s3)(C1)C2. The molecule has 2 aromatic rings. The maximum absolute atomic E-state index is 6.10. The summed E-state index contributed by atoms with van der Waals surface area (Å²) in [6.45, 7) is 0. The maximum atomic E-state index is 6.10. The minimum Gasteiger partial charge on any atom is -0.325 e. The van der Waals surface area contributed by atoms with Crippen LogP contribution in [0, 0.1) is 0 Å². The summed E-state index contributed by atoms with van der Waals surface area (Å²) in [5.74, 6) is 0. The minimum atomic E-state index is 0.165. The number of hydrogen-bond acceptors (Lipinski definition) is 3. The van der Waals surface area contributed by atoms with Gasteiger partial charge in [-0.1, -0.05) is 30.3 Å². The number of nitrogens with zero attached hydrogens (tertiary/aromatic N) is 1. The van der Waals surface area contributed by atoms with E-state index < -0.39 is 0 Å². The third-order valence-corrected chi connectivity index (χ3v) is 5.38. The van der Waals surface area contributed by atoms with Crippen LogP contribution in [0.5, 0.6) is 0 Å². The molecule has 3 aliphatic rings. The Bertz CT molecular complexity index is 553. The first-order valence-corrected chi connectivity index (χ1v) is 6.82. The molecule has 0 aliphatic heterocycles. The summed E-state index contributed by atoms with van der Waals surface area (Å²) in [4.78, 5) is 5.89. The van der Waals surface area contributed by atoms with Gasteiger partial charge in [0, 0.05) is 17.2 Å². The maximum Gasteiger partial charge on any atom is 0.0995 e. The number of benzene rings is 1. The van der Waals surface area contributed by atoms with E-state index in [0.29, 0.717) is 5.41 Å². The third-order valence-electron chi connectivity index (χ3n) is 4.09. The van der Waals surface area contributed by atoms with Gasteiger partial charge in [0.1, 0.15) is 0 Å². The van der Waals surface area contributed by atoms with Gasteiger partial charge in [-0.05, 0) is 24.8 Å². The number of hydrogen-bond donors (Lipinski definition) is 1. The highest BCUT2D eigenvalue weighted by Gasteiger charge is 2.67. The van der Waals surface area contributed by atoms with E-state index in [4.69, 9.17) is 5.73 Å². The first kappa shape index (κ1) is 9.80. The largest absolute Gasteiger partial charge is 0.325 e. The topological polar surface area (TPSA) is 38.9 Å². The number of nitrogens with two attached hydrogens (primary N) is 1. The van der Waals surface area contributed by atoms with Crippen molar-refractivity contribution < 1.29 is 0 Å². The predicted molar refractivity (Wildman–Crippen MR) is 70.0 cm³/mol. The Morgan fingerprint density at radius 2 is 1.82 bits per heavy atom. The van der Waals surface area contributed by atoms with E-state index in [1.807, 2.05) is 23.6 Å². The van der Waals surface area contributed by atoms with Crippen molar-refractivity contribution in [3.63, 3.8) is 0 Å². The number of thiazole rings is 1. The molecule has 2 bridgehead atoms. The van der Waals surface area contributed by atoms with Crippen molar-refractivity contribution in [1.29, 1.82) is 0 Å². The normalized spacial score (nSPS) is 33.9. The Morgan fingerprint density at radius 3 is 2.47 bits per heavy atom. The molecular weight excluding hydrogens is 228 g/mol. The molecule has 0 amide bonds. The van der Waals surface area contributed by atoms with Gasteiger partial charge in [-0.2, -0.15) is 0 Å². The van der Waals surface area contributed by atoms with Crippen LogP contribution in [0.2, 0.25) is 0 Å². The van der Waals surface area contributed by atoms with Crippen LogP contribution in [0.3, 0.4) is 0 Å². The lowest BCUT2D eigenvalue weighted by Crippen LogP contribution is -2.74. The van der Waals surface area contributed by atoms with E-state index in [2.05, 4.69) is 29.2 Å². The van der Waals surface area contributed by atoms with Crippen molar-refractivity contribution in [2.45, 2.75) is 30.2 Å². The predicted octanol–water partition coefficient (Wildman–Crippen LogP) is 2.94. The first-order chi connectivity index (χ1) is 8.19. The average molecular weight is 242 g/mol. The lowest BCUT2D eigenvalue weighted by Gasteiger charge is -2.68. The molecule has 17 heavy (non-hydrogen) atoms. The lowest BCUT2D eigenvalue weighted by atomic mass is 9.40. The Kier molecular flexibility index (Phi) is 1.72. The molecule has 0 unspecified atom stereocenters. The number of rotatable bonds is 2. The van der Waals surface area contributed by atoms with Gasteiger partial charge in [0.2, 0.25) is 0 Å². The Morgan fingerprint density at radius 1 is 1.12 bits per heavy atom. The second kappa shape index (κ2) is 2.98. The standard InChI is InChI=1S/C14H14N2S/c15-14-7-13(8-14,9-14)12-16-6-11(17-12)10-4-2-1-3-5-10/h1-6H,7-9,15H2. The highest BCUT2D eigenvalue weighted by atomic mass is 32.1. The summed E-state index contributed by atoms with van der Waals surface area (Å²) >= 11 is 1.84. The van der Waals surface area contributed by atoms with Crippen LogP contribution < -0.4 is 5.73 Å². The molecule has 0 atom stereocenters. The first-order valence-electron chi connectivity index (χ1n) is 6.00. The van der Waals surface area contributed by atoms with Gasteiger partial charge >= 0.3 is 0 Å². The zero-order valence-electron chi connectivity index (χ0n) is 9.52. The van der Waals surface area contributed by atoms with Crippen LogP contribution in [0.25, 0.3) is 10.4 Å². The van der Waals surface area contributed by atoms with Gasteiger partial charge < -0.3 is 5.73 Å². The average Bonchev–Trinajstić information content (AvgIpc) is 2.74. The molecule has 3 heteroatoms. The van der Waals surface area contributed by atoms with Crippen molar-refractivity contribution in [3.8, 4) is 10.4 Å². The summed E-state index contributed by atoms with van der Waals surface area (Å²) in [6, 6.07) is 10.5. The fraction of sp³-hybridized carbons (Fsp3) is 0.357. The Hall–Kier alpha value is -1.19. The summed E-state index contributed by atoms with van der Waals surface area (Å²) < 4.78 is 0. The van der Waals surface area contributed by atoms with Gasteiger partial charge in [0.25, 0.3) is 0 Å². The smallest absolute Gasteiger partial charge is 0.0995 e. The van der Waals surface area contributed by atoms with E-state index in [1.165, 1.54) is 15.4 Å². The van der Waals surface area contributed by atoms with E-state index in [9.17, 15) is 0 Å². The van der Waals surface area contributed by atoms with Gasteiger partial charge in [-0.15, -0.1) is 11.3 Å². The minimum absolute atomic E-state index is 0.165. The monoisotopic (exact) mass is 242 g/mol. The molecule has 0 spiro atoms. The van der Waals surface area contributed by atoms with Crippen LogP contribution in [-0.2, 0) is 5.41 Å². The quantitative estimate of drug-likeness (QED) is 0.879. The van der Waals surface area contributed by atoms with Crippen molar-refractivity contribution in [1.82, 2.24) is 4.98 Å². The molecule has 5 rings (SSSR count). The summed E-state index contributed by atoms with van der Waals surface area (Å²) in [5, 5.41) is 1.30. The third kappa shape index (κ3) is 1.27. The van der Waals surface area contributed by atoms with Crippen molar-refractivity contribution in [2.24, 2.45) is 5.73 Å². The summed E-state index contributed by atoms with van der Waals surface area (Å²) in [7, 11) is 0. The van der Waals surface area contributed by atoms with Crippen LogP contribution in [0.4, 0.5) is 0 Å². The lowest BCUT2D eigenvalue weighted by molar-refractivity contribution is -0.0590. The molecule has 1 heterocycles. The van der Waals surface area contributed by atoms with Crippen molar-refractivity contribution in [3.05, 3.63) is 41.5 Å².